The summed E-state index contributed by atoms with van der Waals surface area (Å²) in [5, 5.41) is 3.01. The summed E-state index contributed by atoms with van der Waals surface area (Å²) in [6, 6.07) is 9.80. The zero-order valence-electron chi connectivity index (χ0n) is 18.4. The molecule has 2 heterocycles. The second kappa shape index (κ2) is 11.3. The van der Waals surface area contributed by atoms with Crippen molar-refractivity contribution in [2.45, 2.75) is 25.2 Å². The van der Waals surface area contributed by atoms with Gasteiger partial charge in [-0.25, -0.2) is 14.8 Å². The van der Waals surface area contributed by atoms with Crippen molar-refractivity contribution in [2.24, 2.45) is 0 Å². The fraction of sp³-hybridized carbons (Fsp3) is 0.458. The standard InChI is InChI=1S/C24H31N5O2/c1-4-15-28(2)16-5-13-26-24(30)29-17-11-20(12-18-29)23-25-14-10-22(27-23)19-6-8-21(31-3)9-7-19/h1,6-10,14,20H,5,11-13,15-18H2,2-3H3,(H,26,30). The van der Waals surface area contributed by atoms with E-state index in [1.54, 1.807) is 7.11 Å². The van der Waals surface area contributed by atoms with E-state index < -0.39 is 0 Å². The van der Waals surface area contributed by atoms with E-state index in [-0.39, 0.29) is 11.9 Å². The molecule has 1 N–H and O–H groups in total. The third kappa shape index (κ3) is 6.43. The quantitative estimate of drug-likeness (QED) is 0.524. The van der Waals surface area contributed by atoms with Gasteiger partial charge in [0.1, 0.15) is 11.6 Å². The molecule has 7 heteroatoms. The highest BCUT2D eigenvalue weighted by Gasteiger charge is 2.25. The maximum Gasteiger partial charge on any atom is 0.317 e. The second-order valence-corrected chi connectivity index (χ2v) is 7.82. The van der Waals surface area contributed by atoms with Crippen LogP contribution in [0.15, 0.2) is 36.5 Å². The van der Waals surface area contributed by atoms with Crippen LogP contribution < -0.4 is 10.1 Å². The van der Waals surface area contributed by atoms with Crippen molar-refractivity contribution in [3.63, 3.8) is 0 Å². The van der Waals surface area contributed by atoms with Gasteiger partial charge in [0.15, 0.2) is 0 Å². The molecule has 0 spiro atoms. The van der Waals surface area contributed by atoms with Gasteiger partial charge in [-0.1, -0.05) is 5.92 Å². The molecule has 0 bridgehead atoms. The molecule has 0 radical (unpaired) electrons. The van der Waals surface area contributed by atoms with Crippen LogP contribution in [0.5, 0.6) is 5.75 Å². The summed E-state index contributed by atoms with van der Waals surface area (Å²) in [5.41, 5.74) is 1.94. The number of likely N-dealkylation sites (tertiary alicyclic amines) is 1. The fourth-order valence-electron chi connectivity index (χ4n) is 3.72. The number of benzene rings is 1. The predicted octanol–water partition coefficient (Wildman–Crippen LogP) is 3.00. The highest BCUT2D eigenvalue weighted by atomic mass is 16.5. The van der Waals surface area contributed by atoms with Gasteiger partial charge in [0, 0.05) is 43.9 Å². The Hall–Kier alpha value is -3.11. The van der Waals surface area contributed by atoms with Crippen LogP contribution >= 0.6 is 0 Å². The predicted molar refractivity (Wildman–Crippen MR) is 122 cm³/mol. The molecular weight excluding hydrogens is 390 g/mol. The van der Waals surface area contributed by atoms with Crippen LogP contribution in [0.1, 0.15) is 31.0 Å². The third-order valence-electron chi connectivity index (χ3n) is 5.56. The number of terminal acetylenes is 1. The lowest BCUT2D eigenvalue weighted by molar-refractivity contribution is 0.180. The lowest BCUT2D eigenvalue weighted by Gasteiger charge is -2.31. The molecule has 0 saturated carbocycles. The molecule has 0 unspecified atom stereocenters. The van der Waals surface area contributed by atoms with E-state index in [1.165, 1.54) is 0 Å². The lowest BCUT2D eigenvalue weighted by atomic mass is 9.96. The Morgan fingerprint density at radius 2 is 2.03 bits per heavy atom. The average molecular weight is 422 g/mol. The second-order valence-electron chi connectivity index (χ2n) is 7.82. The van der Waals surface area contributed by atoms with Gasteiger partial charge in [-0.05, 0) is 56.6 Å². The number of ether oxygens (including phenoxy) is 1. The van der Waals surface area contributed by atoms with E-state index in [0.717, 1.165) is 48.6 Å². The van der Waals surface area contributed by atoms with Gasteiger partial charge >= 0.3 is 6.03 Å². The topological polar surface area (TPSA) is 70.6 Å². The summed E-state index contributed by atoms with van der Waals surface area (Å²) < 4.78 is 5.23. The molecule has 3 rings (SSSR count). The van der Waals surface area contributed by atoms with Crippen LogP contribution in [0, 0.1) is 12.3 Å². The summed E-state index contributed by atoms with van der Waals surface area (Å²) in [5.74, 6) is 4.56. The van der Waals surface area contributed by atoms with E-state index in [1.807, 2.05) is 48.5 Å². The summed E-state index contributed by atoms with van der Waals surface area (Å²) >= 11 is 0. The monoisotopic (exact) mass is 421 g/mol. The number of nitrogens with one attached hydrogen (secondary N) is 1. The highest BCUT2D eigenvalue weighted by Crippen LogP contribution is 2.27. The minimum atomic E-state index is 0.00551. The Morgan fingerprint density at radius 3 is 2.71 bits per heavy atom. The molecule has 1 aromatic carbocycles. The largest absolute Gasteiger partial charge is 0.497 e. The number of rotatable bonds is 8. The Balaban J connectivity index is 1.48. The average Bonchev–Trinajstić information content (AvgIpc) is 2.82. The summed E-state index contributed by atoms with van der Waals surface area (Å²) in [4.78, 5) is 25.7. The Bertz CT molecular complexity index is 886. The number of carbonyl (C=O) groups is 1. The molecule has 1 aliphatic rings. The van der Waals surface area contributed by atoms with Crippen molar-refractivity contribution >= 4 is 6.03 Å². The summed E-state index contributed by atoms with van der Waals surface area (Å²) in [6.07, 6.45) is 9.73. The zero-order chi connectivity index (χ0) is 22.1. The van der Waals surface area contributed by atoms with Gasteiger partial charge in [-0.15, -0.1) is 6.42 Å². The van der Waals surface area contributed by atoms with Gasteiger partial charge in [-0.2, -0.15) is 0 Å². The fourth-order valence-corrected chi connectivity index (χ4v) is 3.72. The Morgan fingerprint density at radius 1 is 1.29 bits per heavy atom. The number of piperidine rings is 1. The third-order valence-corrected chi connectivity index (χ3v) is 5.56. The molecule has 0 atom stereocenters. The molecule has 1 aromatic heterocycles. The number of amides is 2. The SMILES string of the molecule is C#CCN(C)CCCNC(=O)N1CCC(c2nccc(-c3ccc(OC)cc3)n2)CC1. The Kier molecular flexibility index (Phi) is 8.25. The number of hydrogen-bond donors (Lipinski definition) is 1. The Labute approximate surface area is 184 Å². The van der Waals surface area contributed by atoms with Gasteiger partial charge < -0.3 is 15.0 Å². The first-order chi connectivity index (χ1) is 15.1. The number of urea groups is 1. The number of methoxy groups -OCH3 is 1. The van der Waals surface area contributed by atoms with Crippen molar-refractivity contribution < 1.29 is 9.53 Å². The van der Waals surface area contributed by atoms with E-state index in [2.05, 4.69) is 21.1 Å². The van der Waals surface area contributed by atoms with Crippen LogP contribution in [0.4, 0.5) is 4.79 Å². The molecule has 2 amide bonds. The number of carbonyl (C=O) groups excluding carboxylic acids is 1. The van der Waals surface area contributed by atoms with Crippen molar-refractivity contribution in [1.82, 2.24) is 25.1 Å². The highest BCUT2D eigenvalue weighted by molar-refractivity contribution is 5.74. The van der Waals surface area contributed by atoms with Crippen LogP contribution in [0.25, 0.3) is 11.3 Å². The van der Waals surface area contributed by atoms with Crippen molar-refractivity contribution in [2.75, 3.05) is 46.9 Å². The minimum absolute atomic E-state index is 0.00551. The van der Waals surface area contributed by atoms with E-state index in [0.29, 0.717) is 26.2 Å². The molecule has 0 aliphatic carbocycles. The molecule has 164 valence electrons. The zero-order valence-corrected chi connectivity index (χ0v) is 18.4. The summed E-state index contributed by atoms with van der Waals surface area (Å²) in [7, 11) is 3.64. The summed E-state index contributed by atoms with van der Waals surface area (Å²) in [6.45, 7) is 3.57. The molecule has 1 saturated heterocycles. The first-order valence-electron chi connectivity index (χ1n) is 10.7. The van der Waals surface area contributed by atoms with Crippen LogP contribution in [-0.2, 0) is 0 Å². The maximum atomic E-state index is 12.4. The molecule has 1 aliphatic heterocycles. The molecule has 31 heavy (non-hydrogen) atoms. The molecule has 7 nitrogen and oxygen atoms in total. The number of aromatic nitrogens is 2. The number of nitrogens with zero attached hydrogens (tertiary/aromatic N) is 4. The lowest BCUT2D eigenvalue weighted by Crippen LogP contribution is -2.44. The smallest absolute Gasteiger partial charge is 0.317 e. The van der Waals surface area contributed by atoms with Crippen molar-refractivity contribution in [3.8, 4) is 29.4 Å². The van der Waals surface area contributed by atoms with Crippen LogP contribution in [-0.4, -0.2) is 72.7 Å². The van der Waals surface area contributed by atoms with Crippen molar-refractivity contribution in [1.29, 1.82) is 0 Å². The molecule has 2 aromatic rings. The van der Waals surface area contributed by atoms with Crippen molar-refractivity contribution in [3.05, 3.63) is 42.4 Å². The minimum Gasteiger partial charge on any atom is -0.497 e. The van der Waals surface area contributed by atoms with Gasteiger partial charge in [0.05, 0.1) is 19.3 Å². The maximum absolute atomic E-state index is 12.4. The van der Waals surface area contributed by atoms with E-state index in [4.69, 9.17) is 16.1 Å². The van der Waals surface area contributed by atoms with Gasteiger partial charge in [0.25, 0.3) is 0 Å². The van der Waals surface area contributed by atoms with E-state index >= 15 is 0 Å². The first kappa shape index (κ1) is 22.6. The van der Waals surface area contributed by atoms with Gasteiger partial charge in [0.2, 0.25) is 0 Å². The normalized spacial score (nSPS) is 14.3. The first-order valence-corrected chi connectivity index (χ1v) is 10.7. The van der Waals surface area contributed by atoms with Crippen LogP contribution in [0.3, 0.4) is 0 Å². The van der Waals surface area contributed by atoms with E-state index in [9.17, 15) is 4.79 Å². The molecular formula is C24H31N5O2. The number of hydrogen-bond acceptors (Lipinski definition) is 5. The van der Waals surface area contributed by atoms with Crippen LogP contribution in [0.2, 0.25) is 0 Å². The molecule has 1 fully saturated rings. The van der Waals surface area contributed by atoms with Gasteiger partial charge in [-0.3, -0.25) is 4.90 Å².